The van der Waals surface area contributed by atoms with E-state index >= 15 is 0 Å². The summed E-state index contributed by atoms with van der Waals surface area (Å²) in [4.78, 5) is 48.3. The summed E-state index contributed by atoms with van der Waals surface area (Å²) in [5, 5.41) is 18.9. The van der Waals surface area contributed by atoms with Gasteiger partial charge in [-0.2, -0.15) is 0 Å². The summed E-state index contributed by atoms with van der Waals surface area (Å²) in [6.07, 6.45) is 3.43. The number of hydrogen-bond acceptors (Lipinski definition) is 12. The minimum Gasteiger partial charge on any atom is -0.493 e. The number of non-ortho nitro benzene ring substituents is 1. The third kappa shape index (κ3) is 6.71. The standard InChI is InChI=1S/C32H34N4O11/c1-42-25-11-18(28-22-13-24-23(45-16-46-24)10-17(22)9-19-15-44-31(38)29(19)28)12-26(43-2)30(25)47-32(39)35-14-27(37)34-8-7-33-20-3-5-21(6-4-20)36(40)41/h3-6,10-13,19,23-24,28-29,33H,7-9,14-16H2,1-2H3,(H,34,37)(H,35,39)/t19-,23?,24?,28+,29-/m0/s1. The van der Waals surface area contributed by atoms with Crippen molar-refractivity contribution in [3.8, 4) is 17.2 Å². The molecule has 5 atom stereocenters. The zero-order chi connectivity index (χ0) is 33.1. The van der Waals surface area contributed by atoms with Crippen LogP contribution in [0, 0.1) is 22.0 Å². The smallest absolute Gasteiger partial charge is 0.413 e. The zero-order valence-electron chi connectivity index (χ0n) is 25.7. The maximum Gasteiger partial charge on any atom is 0.413 e. The van der Waals surface area contributed by atoms with Gasteiger partial charge in [0, 0.05) is 42.7 Å². The van der Waals surface area contributed by atoms with Gasteiger partial charge in [-0.05, 0) is 59.5 Å². The van der Waals surface area contributed by atoms with Crippen LogP contribution in [0.3, 0.4) is 0 Å². The molecular formula is C32H34N4O11. The quantitative estimate of drug-likeness (QED) is 0.140. The predicted molar refractivity (Wildman–Crippen MR) is 164 cm³/mol. The molecule has 2 saturated heterocycles. The Morgan fingerprint density at radius 1 is 1.00 bits per heavy atom. The van der Waals surface area contributed by atoms with Gasteiger partial charge in [-0.1, -0.05) is 0 Å². The number of nitrogens with one attached hydrogen (secondary N) is 3. The van der Waals surface area contributed by atoms with E-state index in [0.717, 1.165) is 16.7 Å². The van der Waals surface area contributed by atoms with Crippen LogP contribution in [0.2, 0.25) is 0 Å². The van der Waals surface area contributed by atoms with Gasteiger partial charge in [0.05, 0.1) is 31.7 Å². The number of anilines is 1. The summed E-state index contributed by atoms with van der Waals surface area (Å²) in [7, 11) is 2.85. The number of hydrogen-bond donors (Lipinski definition) is 3. The van der Waals surface area contributed by atoms with Gasteiger partial charge in [0.25, 0.3) is 5.69 Å². The molecular weight excluding hydrogens is 616 g/mol. The van der Waals surface area contributed by atoms with Crippen LogP contribution in [-0.2, 0) is 23.8 Å². The molecule has 15 heteroatoms. The topological polar surface area (TPSA) is 186 Å². The summed E-state index contributed by atoms with van der Waals surface area (Å²) in [6.45, 7) is 0.756. The molecule has 2 aromatic carbocycles. The number of carbonyl (C=O) groups is 3. The molecule has 0 radical (unpaired) electrons. The number of nitrogens with zero attached hydrogens (tertiary/aromatic N) is 1. The molecule has 47 heavy (non-hydrogen) atoms. The van der Waals surface area contributed by atoms with Gasteiger partial charge in [0.1, 0.15) is 25.5 Å². The number of fused-ring (bicyclic) bond motifs is 3. The highest BCUT2D eigenvalue weighted by molar-refractivity contribution is 5.83. The Hall–Kier alpha value is -5.15. The van der Waals surface area contributed by atoms with E-state index in [-0.39, 0.29) is 72.8 Å². The number of esters is 1. The van der Waals surface area contributed by atoms with E-state index in [2.05, 4.69) is 22.0 Å². The molecule has 1 saturated carbocycles. The highest BCUT2D eigenvalue weighted by Crippen LogP contribution is 2.54. The molecule has 2 unspecified atom stereocenters. The number of allylic oxidation sites excluding steroid dienone is 2. The van der Waals surface area contributed by atoms with Crippen LogP contribution >= 0.6 is 0 Å². The lowest BCUT2D eigenvalue weighted by atomic mass is 9.64. The van der Waals surface area contributed by atoms with Gasteiger partial charge >= 0.3 is 12.1 Å². The largest absolute Gasteiger partial charge is 0.493 e. The fourth-order valence-electron chi connectivity index (χ4n) is 6.41. The number of cyclic esters (lactones) is 1. The van der Waals surface area contributed by atoms with Crippen molar-refractivity contribution in [2.45, 2.75) is 24.5 Å². The van der Waals surface area contributed by atoms with Crippen molar-refractivity contribution in [2.24, 2.45) is 11.8 Å². The van der Waals surface area contributed by atoms with E-state index in [1.807, 2.05) is 6.08 Å². The summed E-state index contributed by atoms with van der Waals surface area (Å²) < 4.78 is 33.7. The van der Waals surface area contributed by atoms with E-state index in [0.29, 0.717) is 25.3 Å². The Balaban J connectivity index is 1.10. The van der Waals surface area contributed by atoms with Crippen LogP contribution in [0.15, 0.2) is 59.7 Å². The zero-order valence-corrected chi connectivity index (χ0v) is 25.7. The van der Waals surface area contributed by atoms with Gasteiger partial charge in [0.15, 0.2) is 11.5 Å². The molecule has 2 aliphatic heterocycles. The number of rotatable bonds is 11. The van der Waals surface area contributed by atoms with Gasteiger partial charge in [-0.3, -0.25) is 19.7 Å². The van der Waals surface area contributed by atoms with Crippen molar-refractivity contribution in [2.75, 3.05) is 52.6 Å². The van der Waals surface area contributed by atoms with Crippen molar-refractivity contribution >= 4 is 29.3 Å². The van der Waals surface area contributed by atoms with Gasteiger partial charge in [-0.15, -0.1) is 0 Å². The first-order valence-corrected chi connectivity index (χ1v) is 15.0. The van der Waals surface area contributed by atoms with E-state index in [1.54, 1.807) is 24.3 Å². The first-order chi connectivity index (χ1) is 22.7. The number of amides is 2. The summed E-state index contributed by atoms with van der Waals surface area (Å²) in [5.41, 5.74) is 3.40. The highest BCUT2D eigenvalue weighted by atomic mass is 16.7. The fourth-order valence-corrected chi connectivity index (χ4v) is 6.41. The average Bonchev–Trinajstić information content (AvgIpc) is 3.69. The van der Waals surface area contributed by atoms with Crippen molar-refractivity contribution in [3.63, 3.8) is 0 Å². The number of carbonyl (C=O) groups excluding carboxylic acids is 3. The SMILES string of the molecule is COc1cc([C@@H]2C3=CC4OCOC4C=C3C[C@H]3COC(=O)[C@@H]32)cc(OC)c1OC(=O)NCC(=O)NCCNc1ccc([N+](=O)[O-])cc1. The molecule has 3 N–H and O–H groups in total. The normalized spacial score (nSPS) is 24.0. The lowest BCUT2D eigenvalue weighted by molar-refractivity contribution is -0.384. The molecule has 0 spiro atoms. The molecule has 2 aromatic rings. The maximum absolute atomic E-state index is 13.0. The number of nitro benzene ring substituents is 1. The van der Waals surface area contributed by atoms with Crippen LogP contribution in [0.1, 0.15) is 17.9 Å². The van der Waals surface area contributed by atoms with Gasteiger partial charge in [0.2, 0.25) is 11.7 Å². The second-order valence-electron chi connectivity index (χ2n) is 11.4. The van der Waals surface area contributed by atoms with Crippen LogP contribution in [0.25, 0.3) is 0 Å². The average molecular weight is 651 g/mol. The van der Waals surface area contributed by atoms with Gasteiger partial charge < -0.3 is 44.4 Å². The predicted octanol–water partition coefficient (Wildman–Crippen LogP) is 2.81. The molecule has 2 heterocycles. The van der Waals surface area contributed by atoms with Gasteiger partial charge in [-0.25, -0.2) is 4.79 Å². The minimum absolute atomic E-state index is 0.00583. The summed E-state index contributed by atoms with van der Waals surface area (Å²) in [6, 6.07) is 9.31. The van der Waals surface area contributed by atoms with Crippen molar-refractivity contribution < 1.29 is 47.7 Å². The Morgan fingerprint density at radius 3 is 2.38 bits per heavy atom. The Bertz CT molecular complexity index is 1600. The van der Waals surface area contributed by atoms with E-state index < -0.39 is 22.8 Å². The second kappa shape index (κ2) is 13.7. The number of methoxy groups -OCH3 is 2. The molecule has 2 amide bonds. The number of ether oxygens (including phenoxy) is 6. The first-order valence-electron chi connectivity index (χ1n) is 15.0. The molecule has 248 valence electrons. The second-order valence-corrected chi connectivity index (χ2v) is 11.4. The molecule has 4 aliphatic rings. The van der Waals surface area contributed by atoms with Crippen molar-refractivity contribution in [3.05, 3.63) is 75.4 Å². The lowest BCUT2D eigenvalue weighted by Crippen LogP contribution is -2.39. The van der Waals surface area contributed by atoms with E-state index in [1.165, 1.54) is 26.4 Å². The molecule has 15 nitrogen and oxygen atoms in total. The maximum atomic E-state index is 13.0. The molecule has 2 aliphatic carbocycles. The molecule has 3 fully saturated rings. The lowest BCUT2D eigenvalue weighted by Gasteiger charge is -2.38. The van der Waals surface area contributed by atoms with E-state index in [4.69, 9.17) is 28.4 Å². The summed E-state index contributed by atoms with van der Waals surface area (Å²) in [5.74, 6) is -1.16. The first kappa shape index (κ1) is 31.8. The third-order valence-corrected chi connectivity index (χ3v) is 8.61. The highest BCUT2D eigenvalue weighted by Gasteiger charge is 2.50. The van der Waals surface area contributed by atoms with Crippen molar-refractivity contribution in [1.82, 2.24) is 10.6 Å². The number of nitro groups is 1. The summed E-state index contributed by atoms with van der Waals surface area (Å²) >= 11 is 0. The fraction of sp³-hybridized carbons (Fsp3) is 0.406. The van der Waals surface area contributed by atoms with Crippen LogP contribution in [-0.4, -0.2) is 82.4 Å². The Kier molecular flexibility index (Phi) is 9.26. The van der Waals surface area contributed by atoms with Crippen LogP contribution in [0.5, 0.6) is 17.2 Å². The monoisotopic (exact) mass is 650 g/mol. The van der Waals surface area contributed by atoms with E-state index in [9.17, 15) is 24.5 Å². The Morgan fingerprint density at radius 2 is 1.70 bits per heavy atom. The molecule has 0 aromatic heterocycles. The van der Waals surface area contributed by atoms with Crippen LogP contribution < -0.4 is 30.2 Å². The van der Waals surface area contributed by atoms with Crippen molar-refractivity contribution in [1.29, 1.82) is 0 Å². The Labute approximate surface area is 269 Å². The minimum atomic E-state index is -0.907. The third-order valence-electron chi connectivity index (χ3n) is 8.61. The molecule has 0 bridgehead atoms. The number of benzene rings is 2. The van der Waals surface area contributed by atoms with Crippen LogP contribution in [0.4, 0.5) is 16.2 Å². The molecule has 6 rings (SSSR count).